The second kappa shape index (κ2) is 6.70. The minimum atomic E-state index is -0.887. The molecule has 1 aromatic rings. The summed E-state index contributed by atoms with van der Waals surface area (Å²) < 4.78 is 18.5. The van der Waals surface area contributed by atoms with E-state index in [0.29, 0.717) is 5.56 Å². The van der Waals surface area contributed by atoms with Crippen LogP contribution < -0.4 is 5.32 Å². The van der Waals surface area contributed by atoms with Crippen molar-refractivity contribution in [3.8, 4) is 0 Å². The fraction of sp³-hybridized carbons (Fsp3) is 0.500. The molecule has 0 spiro atoms. The van der Waals surface area contributed by atoms with Crippen LogP contribution >= 0.6 is 0 Å². The molecule has 4 nitrogen and oxygen atoms in total. The Labute approximate surface area is 123 Å². The van der Waals surface area contributed by atoms with Gasteiger partial charge in [-0.3, -0.25) is 4.79 Å². The van der Waals surface area contributed by atoms with Gasteiger partial charge in [0.2, 0.25) is 0 Å². The molecule has 2 rings (SSSR count). The summed E-state index contributed by atoms with van der Waals surface area (Å²) in [5.41, 5.74) is 0.567. The summed E-state index contributed by atoms with van der Waals surface area (Å²) in [5.74, 6) is -1.46. The first-order chi connectivity index (χ1) is 9.97. The monoisotopic (exact) mass is 293 g/mol. The van der Waals surface area contributed by atoms with E-state index in [-0.39, 0.29) is 17.5 Å². The van der Waals surface area contributed by atoms with Crippen molar-refractivity contribution >= 4 is 11.9 Å². The molecular formula is C16H20FNO3. The van der Waals surface area contributed by atoms with Gasteiger partial charge in [0.05, 0.1) is 5.56 Å². The molecule has 0 bridgehead atoms. The third-order valence-electron chi connectivity index (χ3n) is 3.76. The van der Waals surface area contributed by atoms with Crippen LogP contribution in [0.5, 0.6) is 0 Å². The fourth-order valence-electron chi connectivity index (χ4n) is 2.39. The van der Waals surface area contributed by atoms with Gasteiger partial charge in [0.1, 0.15) is 5.82 Å². The van der Waals surface area contributed by atoms with Crippen LogP contribution in [0.3, 0.4) is 0 Å². The van der Waals surface area contributed by atoms with Crippen molar-refractivity contribution in [2.45, 2.75) is 51.7 Å². The lowest BCUT2D eigenvalue weighted by molar-refractivity contribution is -0.129. The van der Waals surface area contributed by atoms with E-state index in [0.717, 1.165) is 31.7 Å². The second-order valence-electron chi connectivity index (χ2n) is 5.50. The highest BCUT2D eigenvalue weighted by molar-refractivity contribution is 5.92. The maximum absolute atomic E-state index is 13.4. The van der Waals surface area contributed by atoms with Crippen molar-refractivity contribution in [2.24, 2.45) is 0 Å². The number of ether oxygens (including phenoxy) is 1. The largest absolute Gasteiger partial charge is 0.449 e. The summed E-state index contributed by atoms with van der Waals surface area (Å²) in [6.07, 6.45) is 3.27. The van der Waals surface area contributed by atoms with E-state index in [1.807, 2.05) is 0 Å². The normalized spacial score (nSPS) is 16.5. The zero-order valence-electron chi connectivity index (χ0n) is 12.3. The lowest BCUT2D eigenvalue weighted by atomic mass is 10.1. The van der Waals surface area contributed by atoms with Crippen LogP contribution in [0.25, 0.3) is 0 Å². The Morgan fingerprint density at radius 3 is 2.62 bits per heavy atom. The van der Waals surface area contributed by atoms with Gasteiger partial charge in [0.15, 0.2) is 6.10 Å². The number of hydrogen-bond acceptors (Lipinski definition) is 3. The van der Waals surface area contributed by atoms with Crippen molar-refractivity contribution in [1.29, 1.82) is 0 Å². The Kier molecular flexibility index (Phi) is 4.94. The molecule has 0 unspecified atom stereocenters. The summed E-state index contributed by atoms with van der Waals surface area (Å²) in [6, 6.07) is 4.30. The first kappa shape index (κ1) is 15.5. The van der Waals surface area contributed by atoms with Crippen LogP contribution in [0.2, 0.25) is 0 Å². The summed E-state index contributed by atoms with van der Waals surface area (Å²) in [6.45, 7) is 3.13. The molecule has 1 saturated carbocycles. The maximum Gasteiger partial charge on any atom is 0.339 e. The number of amides is 1. The minimum absolute atomic E-state index is 0.110. The Balaban J connectivity index is 1.91. The fourth-order valence-corrected chi connectivity index (χ4v) is 2.39. The summed E-state index contributed by atoms with van der Waals surface area (Å²) in [7, 11) is 0. The lowest BCUT2D eigenvalue weighted by Gasteiger charge is -2.17. The third-order valence-corrected chi connectivity index (χ3v) is 3.76. The van der Waals surface area contributed by atoms with Crippen LogP contribution in [-0.2, 0) is 9.53 Å². The van der Waals surface area contributed by atoms with E-state index in [2.05, 4.69) is 5.32 Å². The number of hydrogen-bond donors (Lipinski definition) is 1. The molecule has 0 saturated heterocycles. The minimum Gasteiger partial charge on any atom is -0.449 e. The smallest absolute Gasteiger partial charge is 0.339 e. The number of carbonyl (C=O) groups is 2. The second-order valence-corrected chi connectivity index (χ2v) is 5.50. The zero-order valence-corrected chi connectivity index (χ0v) is 12.3. The van der Waals surface area contributed by atoms with Crippen LogP contribution in [0, 0.1) is 12.7 Å². The Morgan fingerprint density at radius 1 is 1.33 bits per heavy atom. The molecule has 1 atom stereocenters. The number of rotatable bonds is 4. The van der Waals surface area contributed by atoms with Crippen molar-refractivity contribution in [2.75, 3.05) is 0 Å². The Hall–Kier alpha value is -1.91. The van der Waals surface area contributed by atoms with Crippen molar-refractivity contribution in [3.05, 3.63) is 35.1 Å². The van der Waals surface area contributed by atoms with Gasteiger partial charge < -0.3 is 10.1 Å². The van der Waals surface area contributed by atoms with Gasteiger partial charge in [-0.25, -0.2) is 9.18 Å². The van der Waals surface area contributed by atoms with Gasteiger partial charge in [-0.2, -0.15) is 0 Å². The van der Waals surface area contributed by atoms with Gasteiger partial charge in [-0.05, 0) is 44.4 Å². The number of aryl methyl sites for hydroxylation is 1. The molecule has 1 amide bonds. The number of esters is 1. The highest BCUT2D eigenvalue weighted by atomic mass is 19.1. The quantitative estimate of drug-likeness (QED) is 0.868. The van der Waals surface area contributed by atoms with E-state index < -0.39 is 17.9 Å². The Morgan fingerprint density at radius 2 is 2.00 bits per heavy atom. The highest BCUT2D eigenvalue weighted by Gasteiger charge is 2.23. The van der Waals surface area contributed by atoms with Gasteiger partial charge in [0, 0.05) is 6.04 Å². The predicted octanol–water partition coefficient (Wildman–Crippen LogP) is 2.74. The first-order valence-corrected chi connectivity index (χ1v) is 7.25. The highest BCUT2D eigenvalue weighted by Crippen LogP contribution is 2.18. The molecule has 0 radical (unpaired) electrons. The predicted molar refractivity (Wildman–Crippen MR) is 76.4 cm³/mol. The standard InChI is InChI=1S/C16H20FNO3/c1-10-7-8-12(9-14(10)17)16(20)21-11(2)15(19)18-13-5-3-4-6-13/h7-9,11,13H,3-6H2,1-2H3,(H,18,19)/t11-/m1/s1. The van der Waals surface area contributed by atoms with Crippen LogP contribution in [0.15, 0.2) is 18.2 Å². The summed E-state index contributed by atoms with van der Waals surface area (Å²) in [5, 5.41) is 2.87. The topological polar surface area (TPSA) is 55.4 Å². The summed E-state index contributed by atoms with van der Waals surface area (Å²) >= 11 is 0. The molecule has 1 aromatic carbocycles. The SMILES string of the molecule is Cc1ccc(C(=O)O[C@H](C)C(=O)NC2CCCC2)cc1F. The van der Waals surface area contributed by atoms with E-state index in [4.69, 9.17) is 4.74 Å². The average Bonchev–Trinajstić information content (AvgIpc) is 2.94. The van der Waals surface area contributed by atoms with Crippen molar-refractivity contribution in [1.82, 2.24) is 5.32 Å². The average molecular weight is 293 g/mol. The van der Waals surface area contributed by atoms with Crippen LogP contribution in [0.4, 0.5) is 4.39 Å². The van der Waals surface area contributed by atoms with Gasteiger partial charge in [-0.15, -0.1) is 0 Å². The summed E-state index contributed by atoms with van der Waals surface area (Å²) in [4.78, 5) is 23.8. The lowest BCUT2D eigenvalue weighted by Crippen LogP contribution is -2.40. The van der Waals surface area contributed by atoms with E-state index in [1.165, 1.54) is 19.1 Å². The van der Waals surface area contributed by atoms with E-state index in [1.54, 1.807) is 6.92 Å². The van der Waals surface area contributed by atoms with Gasteiger partial charge in [-0.1, -0.05) is 18.9 Å². The van der Waals surface area contributed by atoms with Gasteiger partial charge in [0.25, 0.3) is 5.91 Å². The molecule has 5 heteroatoms. The number of benzene rings is 1. The van der Waals surface area contributed by atoms with Crippen molar-refractivity contribution in [3.63, 3.8) is 0 Å². The molecule has 0 aromatic heterocycles. The van der Waals surface area contributed by atoms with Crippen LogP contribution in [-0.4, -0.2) is 24.0 Å². The molecule has 0 aliphatic heterocycles. The third kappa shape index (κ3) is 4.03. The number of nitrogens with one attached hydrogen (secondary N) is 1. The van der Waals surface area contributed by atoms with Crippen molar-refractivity contribution < 1.29 is 18.7 Å². The Bertz CT molecular complexity index is 538. The maximum atomic E-state index is 13.4. The first-order valence-electron chi connectivity index (χ1n) is 7.25. The molecule has 1 fully saturated rings. The molecule has 1 aliphatic carbocycles. The van der Waals surface area contributed by atoms with E-state index >= 15 is 0 Å². The molecule has 0 heterocycles. The van der Waals surface area contributed by atoms with E-state index in [9.17, 15) is 14.0 Å². The zero-order chi connectivity index (χ0) is 15.4. The van der Waals surface area contributed by atoms with Gasteiger partial charge >= 0.3 is 5.97 Å². The number of carbonyl (C=O) groups excluding carboxylic acids is 2. The molecular weight excluding hydrogens is 273 g/mol. The number of halogens is 1. The molecule has 21 heavy (non-hydrogen) atoms. The molecule has 1 aliphatic rings. The van der Waals surface area contributed by atoms with Crippen LogP contribution in [0.1, 0.15) is 48.5 Å². The molecule has 1 N–H and O–H groups in total. The molecule has 114 valence electrons.